The van der Waals surface area contributed by atoms with Crippen LogP contribution in [0.3, 0.4) is 0 Å². The smallest absolute Gasteiger partial charge is 0.263 e. The van der Waals surface area contributed by atoms with Crippen LogP contribution in [0, 0.1) is 5.41 Å². The van der Waals surface area contributed by atoms with Gasteiger partial charge in [0.1, 0.15) is 5.01 Å². The topological polar surface area (TPSA) is 36.4 Å². The van der Waals surface area contributed by atoms with Crippen molar-refractivity contribution < 1.29 is 4.79 Å². The molecule has 1 amide bonds. The second-order valence-corrected chi connectivity index (χ2v) is 8.62. The van der Waals surface area contributed by atoms with E-state index < -0.39 is 0 Å². The summed E-state index contributed by atoms with van der Waals surface area (Å²) in [5, 5.41) is 5.23. The Morgan fingerprint density at radius 2 is 2.17 bits per heavy atom. The maximum Gasteiger partial charge on any atom is 0.263 e. The van der Waals surface area contributed by atoms with Gasteiger partial charge in [-0.25, -0.2) is 4.98 Å². The van der Waals surface area contributed by atoms with Crippen molar-refractivity contribution in [2.24, 2.45) is 5.41 Å². The number of carbonyl (C=O) groups excluding carboxylic acids is 1. The zero-order chi connectivity index (χ0) is 15.7. The van der Waals surface area contributed by atoms with Crippen molar-refractivity contribution in [2.75, 3.05) is 26.2 Å². The molecule has 2 aliphatic rings. The molecule has 2 fully saturated rings. The van der Waals surface area contributed by atoms with Crippen LogP contribution in [0.5, 0.6) is 0 Å². The molecule has 2 aliphatic heterocycles. The van der Waals surface area contributed by atoms with E-state index in [0.29, 0.717) is 5.41 Å². The minimum Gasteiger partial charge on any atom is -0.337 e. The Balaban J connectivity index is 1.42. The molecule has 4 heterocycles. The lowest BCUT2D eigenvalue weighted by Gasteiger charge is -2.40. The number of aromatic nitrogens is 1. The van der Waals surface area contributed by atoms with E-state index in [1.54, 1.807) is 22.7 Å². The molecule has 4 rings (SSSR count). The average molecular weight is 348 g/mol. The van der Waals surface area contributed by atoms with Crippen molar-refractivity contribution in [1.82, 2.24) is 14.8 Å². The number of hydrogen-bond donors (Lipinski definition) is 0. The third-order valence-electron chi connectivity index (χ3n) is 5.04. The first kappa shape index (κ1) is 15.3. The van der Waals surface area contributed by atoms with Crippen molar-refractivity contribution in [2.45, 2.75) is 25.8 Å². The predicted octanol–water partition coefficient (Wildman–Crippen LogP) is 3.33. The molecular weight excluding hydrogens is 326 g/mol. The Kier molecular flexibility index (Phi) is 4.22. The average Bonchev–Trinajstić information content (AvgIpc) is 3.30. The Labute approximate surface area is 144 Å². The lowest BCUT2D eigenvalue weighted by Crippen LogP contribution is -2.47. The highest BCUT2D eigenvalue weighted by Crippen LogP contribution is 2.40. The van der Waals surface area contributed by atoms with Crippen molar-refractivity contribution in [1.29, 1.82) is 0 Å². The van der Waals surface area contributed by atoms with E-state index in [1.807, 2.05) is 29.1 Å². The lowest BCUT2D eigenvalue weighted by atomic mass is 9.79. The molecule has 6 heteroatoms. The summed E-state index contributed by atoms with van der Waals surface area (Å²) in [6.45, 7) is 5.00. The molecule has 0 bridgehead atoms. The lowest BCUT2D eigenvalue weighted by molar-refractivity contribution is 0.0531. The van der Waals surface area contributed by atoms with Crippen LogP contribution in [-0.2, 0) is 6.54 Å². The van der Waals surface area contributed by atoms with Gasteiger partial charge in [-0.15, -0.1) is 22.7 Å². The van der Waals surface area contributed by atoms with Crippen LogP contribution < -0.4 is 0 Å². The van der Waals surface area contributed by atoms with Gasteiger partial charge in [-0.05, 0) is 37.3 Å². The second kappa shape index (κ2) is 6.34. The first-order chi connectivity index (χ1) is 11.2. The van der Waals surface area contributed by atoms with E-state index in [-0.39, 0.29) is 5.91 Å². The SMILES string of the molecule is O=C(c1cccs1)N1CCCC2(CCN(Cc3nccs3)C2)C1. The Morgan fingerprint density at radius 1 is 1.22 bits per heavy atom. The number of thiophene rings is 1. The van der Waals surface area contributed by atoms with E-state index >= 15 is 0 Å². The third-order valence-corrected chi connectivity index (χ3v) is 6.66. The van der Waals surface area contributed by atoms with Crippen LogP contribution in [0.15, 0.2) is 29.1 Å². The molecule has 23 heavy (non-hydrogen) atoms. The summed E-state index contributed by atoms with van der Waals surface area (Å²) >= 11 is 3.28. The predicted molar refractivity (Wildman–Crippen MR) is 93.9 cm³/mol. The quantitative estimate of drug-likeness (QED) is 0.854. The van der Waals surface area contributed by atoms with Crippen molar-refractivity contribution in [3.05, 3.63) is 39.0 Å². The first-order valence-electron chi connectivity index (χ1n) is 8.18. The molecule has 2 aromatic heterocycles. The summed E-state index contributed by atoms with van der Waals surface area (Å²) in [6, 6.07) is 3.90. The Morgan fingerprint density at radius 3 is 2.96 bits per heavy atom. The molecule has 0 aliphatic carbocycles. The molecule has 122 valence electrons. The van der Waals surface area contributed by atoms with E-state index in [1.165, 1.54) is 17.8 Å². The molecule has 1 unspecified atom stereocenters. The van der Waals surface area contributed by atoms with Gasteiger partial charge >= 0.3 is 0 Å². The minimum atomic E-state index is 0.220. The van der Waals surface area contributed by atoms with Gasteiger partial charge in [0.05, 0.1) is 11.4 Å². The Bertz CT molecular complexity index is 655. The summed E-state index contributed by atoms with van der Waals surface area (Å²) in [6.07, 6.45) is 5.46. The standard InChI is InChI=1S/C17H21N3OS2/c21-16(14-3-1-9-22-14)20-7-2-4-17(13-20)5-8-19(12-17)11-15-18-6-10-23-15/h1,3,6,9-10H,2,4-5,7-8,11-13H2. The van der Waals surface area contributed by atoms with Gasteiger partial charge < -0.3 is 4.90 Å². The third kappa shape index (κ3) is 3.20. The van der Waals surface area contributed by atoms with Crippen LogP contribution in [0.25, 0.3) is 0 Å². The number of amides is 1. The molecular formula is C17H21N3OS2. The second-order valence-electron chi connectivity index (χ2n) is 6.69. The van der Waals surface area contributed by atoms with Crippen molar-refractivity contribution in [3.63, 3.8) is 0 Å². The van der Waals surface area contributed by atoms with Crippen molar-refractivity contribution in [3.8, 4) is 0 Å². The zero-order valence-electron chi connectivity index (χ0n) is 13.1. The fraction of sp³-hybridized carbons (Fsp3) is 0.529. The van der Waals surface area contributed by atoms with Gasteiger partial charge in [0.15, 0.2) is 0 Å². The summed E-state index contributed by atoms with van der Waals surface area (Å²) < 4.78 is 0. The van der Waals surface area contributed by atoms with E-state index in [2.05, 4.69) is 14.8 Å². The highest BCUT2D eigenvalue weighted by molar-refractivity contribution is 7.12. The van der Waals surface area contributed by atoms with Crippen LogP contribution in [-0.4, -0.2) is 46.9 Å². The zero-order valence-corrected chi connectivity index (χ0v) is 14.7. The molecule has 2 saturated heterocycles. The maximum atomic E-state index is 12.7. The van der Waals surface area contributed by atoms with Crippen LogP contribution in [0.2, 0.25) is 0 Å². The molecule has 0 saturated carbocycles. The fourth-order valence-corrected chi connectivity index (χ4v) is 5.30. The Hall–Kier alpha value is -1.24. The molecule has 0 N–H and O–H groups in total. The number of piperidine rings is 1. The summed E-state index contributed by atoms with van der Waals surface area (Å²) in [7, 11) is 0. The van der Waals surface area contributed by atoms with Gasteiger partial charge in [0.2, 0.25) is 0 Å². The monoisotopic (exact) mass is 347 g/mol. The van der Waals surface area contributed by atoms with E-state index in [4.69, 9.17) is 0 Å². The van der Waals surface area contributed by atoms with Gasteiger partial charge in [-0.2, -0.15) is 0 Å². The normalized spacial score (nSPS) is 25.3. The van der Waals surface area contributed by atoms with Gasteiger partial charge in [0, 0.05) is 36.6 Å². The summed E-state index contributed by atoms with van der Waals surface area (Å²) in [5.74, 6) is 0.220. The number of hydrogen-bond acceptors (Lipinski definition) is 5. The molecule has 1 spiro atoms. The van der Waals surface area contributed by atoms with Crippen LogP contribution >= 0.6 is 22.7 Å². The summed E-state index contributed by atoms with van der Waals surface area (Å²) in [4.78, 5) is 22.5. The molecule has 4 nitrogen and oxygen atoms in total. The summed E-state index contributed by atoms with van der Waals surface area (Å²) in [5.41, 5.74) is 0.294. The van der Waals surface area contributed by atoms with Gasteiger partial charge in [-0.1, -0.05) is 6.07 Å². The molecule has 0 radical (unpaired) electrons. The van der Waals surface area contributed by atoms with Crippen LogP contribution in [0.1, 0.15) is 33.9 Å². The van der Waals surface area contributed by atoms with Crippen LogP contribution in [0.4, 0.5) is 0 Å². The fourth-order valence-electron chi connectivity index (χ4n) is 3.96. The van der Waals surface area contributed by atoms with E-state index in [0.717, 1.165) is 44.0 Å². The van der Waals surface area contributed by atoms with Crippen molar-refractivity contribution >= 4 is 28.6 Å². The molecule has 0 aromatic carbocycles. The number of nitrogens with zero attached hydrogens (tertiary/aromatic N) is 3. The van der Waals surface area contributed by atoms with E-state index in [9.17, 15) is 4.79 Å². The highest BCUT2D eigenvalue weighted by Gasteiger charge is 2.42. The number of likely N-dealkylation sites (tertiary alicyclic amines) is 2. The largest absolute Gasteiger partial charge is 0.337 e. The minimum absolute atomic E-state index is 0.220. The number of thiazole rings is 1. The molecule has 2 aromatic rings. The van der Waals surface area contributed by atoms with Gasteiger partial charge in [0.25, 0.3) is 5.91 Å². The highest BCUT2D eigenvalue weighted by atomic mass is 32.1. The number of carbonyl (C=O) groups is 1. The number of rotatable bonds is 3. The van der Waals surface area contributed by atoms with Gasteiger partial charge in [-0.3, -0.25) is 9.69 Å². The molecule has 1 atom stereocenters. The first-order valence-corrected chi connectivity index (χ1v) is 9.94. The maximum absolute atomic E-state index is 12.7.